The molecule has 5 heteroatoms. The van der Waals surface area contributed by atoms with Crippen molar-refractivity contribution in [3.8, 4) is 18.2 Å². The van der Waals surface area contributed by atoms with E-state index in [0.29, 0.717) is 11.8 Å². The predicted molar refractivity (Wildman–Crippen MR) is 65.9 cm³/mol. The van der Waals surface area contributed by atoms with Crippen molar-refractivity contribution in [1.29, 1.82) is 0 Å². The summed E-state index contributed by atoms with van der Waals surface area (Å²) in [5.74, 6) is 3.57. The second-order valence-corrected chi connectivity index (χ2v) is 4.06. The summed E-state index contributed by atoms with van der Waals surface area (Å²) in [5, 5.41) is 5.74. The second kappa shape index (κ2) is 4.37. The van der Waals surface area contributed by atoms with Crippen LogP contribution >= 0.6 is 11.3 Å². The van der Waals surface area contributed by atoms with E-state index in [2.05, 4.69) is 21.2 Å². The fourth-order valence-electron chi connectivity index (χ4n) is 1.23. The van der Waals surface area contributed by atoms with E-state index in [-0.39, 0.29) is 6.10 Å². The van der Waals surface area contributed by atoms with E-state index in [1.807, 2.05) is 11.4 Å². The fourth-order valence-corrected chi connectivity index (χ4v) is 1.99. The van der Waals surface area contributed by atoms with Gasteiger partial charge >= 0.3 is 0 Å². The number of hydrogen-bond acceptors (Lipinski definition) is 5. The first kappa shape index (κ1) is 10.7. The summed E-state index contributed by atoms with van der Waals surface area (Å²) in [5.41, 5.74) is 0. The van der Waals surface area contributed by atoms with Gasteiger partial charge in [0, 0.05) is 7.05 Å². The molecule has 2 heterocycles. The van der Waals surface area contributed by atoms with Gasteiger partial charge in [-0.05, 0) is 18.4 Å². The van der Waals surface area contributed by atoms with Crippen LogP contribution < -0.4 is 10.1 Å². The summed E-state index contributed by atoms with van der Waals surface area (Å²) in [6.07, 6.45) is 4.98. The minimum Gasteiger partial charge on any atom is -0.461 e. The Morgan fingerprint density at radius 2 is 2.38 bits per heavy atom. The molecule has 1 N–H and O–H groups in total. The lowest BCUT2D eigenvalue weighted by atomic mass is 10.4. The van der Waals surface area contributed by atoms with Crippen molar-refractivity contribution in [1.82, 2.24) is 9.97 Å². The quantitative estimate of drug-likeness (QED) is 0.825. The zero-order chi connectivity index (χ0) is 11.5. The van der Waals surface area contributed by atoms with Crippen molar-refractivity contribution in [2.75, 3.05) is 12.4 Å². The average molecular weight is 233 g/mol. The highest BCUT2D eigenvalue weighted by atomic mass is 32.1. The van der Waals surface area contributed by atoms with Gasteiger partial charge in [0.25, 0.3) is 0 Å². The summed E-state index contributed by atoms with van der Waals surface area (Å²) in [7, 11) is 1.77. The Balaban J connectivity index is 2.49. The molecule has 2 rings (SSSR count). The van der Waals surface area contributed by atoms with Gasteiger partial charge in [0.2, 0.25) is 11.8 Å². The number of nitrogens with zero attached hydrogens (tertiary/aromatic N) is 2. The number of fused-ring (bicyclic) bond motifs is 1. The van der Waals surface area contributed by atoms with E-state index >= 15 is 0 Å². The SMILES string of the molecule is C#CC(C)Oc1nc(NC)nc2sccc12. The Labute approximate surface area is 97.7 Å². The number of terminal acetylenes is 1. The van der Waals surface area contributed by atoms with Gasteiger partial charge in [0.1, 0.15) is 4.83 Å². The highest BCUT2D eigenvalue weighted by molar-refractivity contribution is 7.16. The van der Waals surface area contributed by atoms with Gasteiger partial charge in [-0.1, -0.05) is 5.92 Å². The third-order valence-corrected chi connectivity index (χ3v) is 2.84. The standard InChI is InChI=1S/C11H11N3OS/c1-4-7(2)15-9-8-5-6-16-10(8)14-11(12-3)13-9/h1,5-7H,2-3H3,(H,12,13,14). The molecule has 0 aliphatic rings. The molecule has 2 aromatic rings. The van der Waals surface area contributed by atoms with Crippen molar-refractivity contribution in [3.63, 3.8) is 0 Å². The summed E-state index contributed by atoms with van der Waals surface area (Å²) >= 11 is 1.54. The minimum atomic E-state index is -0.303. The van der Waals surface area contributed by atoms with Crippen LogP contribution in [0.1, 0.15) is 6.92 Å². The molecule has 2 aromatic heterocycles. The van der Waals surface area contributed by atoms with Crippen LogP contribution in [0.3, 0.4) is 0 Å². The molecule has 1 atom stereocenters. The molecule has 0 bridgehead atoms. The van der Waals surface area contributed by atoms with E-state index < -0.39 is 0 Å². The topological polar surface area (TPSA) is 47.0 Å². The van der Waals surface area contributed by atoms with Gasteiger partial charge in [0.05, 0.1) is 5.39 Å². The molecule has 0 aliphatic carbocycles. The molecule has 16 heavy (non-hydrogen) atoms. The molecule has 0 aliphatic heterocycles. The monoisotopic (exact) mass is 233 g/mol. The Morgan fingerprint density at radius 3 is 3.06 bits per heavy atom. The van der Waals surface area contributed by atoms with Crippen molar-refractivity contribution >= 4 is 27.5 Å². The molecule has 0 saturated heterocycles. The number of ether oxygens (including phenoxy) is 1. The smallest absolute Gasteiger partial charge is 0.228 e. The lowest BCUT2D eigenvalue weighted by molar-refractivity contribution is 0.272. The number of rotatable bonds is 3. The van der Waals surface area contributed by atoms with Crippen LogP contribution in [0.5, 0.6) is 5.88 Å². The molecular weight excluding hydrogens is 222 g/mol. The maximum atomic E-state index is 5.56. The number of aromatic nitrogens is 2. The van der Waals surface area contributed by atoms with Gasteiger partial charge in [-0.3, -0.25) is 0 Å². The zero-order valence-electron chi connectivity index (χ0n) is 9.02. The molecular formula is C11H11N3OS. The van der Waals surface area contributed by atoms with E-state index in [9.17, 15) is 0 Å². The van der Waals surface area contributed by atoms with Crippen LogP contribution in [0.15, 0.2) is 11.4 Å². The maximum Gasteiger partial charge on any atom is 0.228 e. The van der Waals surface area contributed by atoms with E-state index in [0.717, 1.165) is 10.2 Å². The Morgan fingerprint density at radius 1 is 1.56 bits per heavy atom. The summed E-state index contributed by atoms with van der Waals surface area (Å²) in [6, 6.07) is 1.93. The normalized spacial score (nSPS) is 12.1. The van der Waals surface area contributed by atoms with Crippen molar-refractivity contribution in [2.24, 2.45) is 0 Å². The Kier molecular flexibility index (Phi) is 2.93. The van der Waals surface area contributed by atoms with Crippen LogP contribution in [0.25, 0.3) is 10.2 Å². The first-order valence-electron chi connectivity index (χ1n) is 4.80. The van der Waals surface area contributed by atoms with Gasteiger partial charge < -0.3 is 10.1 Å². The molecule has 4 nitrogen and oxygen atoms in total. The van der Waals surface area contributed by atoms with Crippen molar-refractivity contribution in [2.45, 2.75) is 13.0 Å². The van der Waals surface area contributed by atoms with E-state index in [1.54, 1.807) is 25.3 Å². The van der Waals surface area contributed by atoms with Crippen molar-refractivity contribution in [3.05, 3.63) is 11.4 Å². The molecule has 1 unspecified atom stereocenters. The predicted octanol–water partition coefficient (Wildman–Crippen LogP) is 2.13. The highest BCUT2D eigenvalue weighted by Crippen LogP contribution is 2.28. The van der Waals surface area contributed by atoms with Gasteiger partial charge in [-0.15, -0.1) is 17.8 Å². The third kappa shape index (κ3) is 1.92. The second-order valence-electron chi connectivity index (χ2n) is 3.17. The zero-order valence-corrected chi connectivity index (χ0v) is 9.84. The van der Waals surface area contributed by atoms with Crippen LogP contribution in [-0.4, -0.2) is 23.1 Å². The lowest BCUT2D eigenvalue weighted by Crippen LogP contribution is -2.10. The Hall–Kier alpha value is -1.80. The van der Waals surface area contributed by atoms with Crippen LogP contribution in [0.4, 0.5) is 5.95 Å². The number of nitrogens with one attached hydrogen (secondary N) is 1. The molecule has 0 fully saturated rings. The number of hydrogen-bond donors (Lipinski definition) is 1. The number of anilines is 1. The highest BCUT2D eigenvalue weighted by Gasteiger charge is 2.11. The summed E-state index contributed by atoms with van der Waals surface area (Å²) < 4.78 is 5.56. The van der Waals surface area contributed by atoms with E-state index in [4.69, 9.17) is 11.2 Å². The van der Waals surface area contributed by atoms with Crippen LogP contribution in [0.2, 0.25) is 0 Å². The third-order valence-electron chi connectivity index (χ3n) is 2.04. The average Bonchev–Trinajstić information content (AvgIpc) is 2.76. The summed E-state index contributed by atoms with van der Waals surface area (Å²) in [4.78, 5) is 9.45. The molecule has 0 spiro atoms. The van der Waals surface area contributed by atoms with Gasteiger partial charge in [-0.25, -0.2) is 4.98 Å². The minimum absolute atomic E-state index is 0.303. The fraction of sp³-hybridized carbons (Fsp3) is 0.273. The molecule has 0 aromatic carbocycles. The van der Waals surface area contributed by atoms with E-state index in [1.165, 1.54) is 0 Å². The molecule has 0 saturated carbocycles. The van der Waals surface area contributed by atoms with Crippen LogP contribution in [-0.2, 0) is 0 Å². The summed E-state index contributed by atoms with van der Waals surface area (Å²) in [6.45, 7) is 1.80. The first-order chi connectivity index (χ1) is 7.74. The largest absolute Gasteiger partial charge is 0.461 e. The van der Waals surface area contributed by atoms with Crippen molar-refractivity contribution < 1.29 is 4.74 Å². The van der Waals surface area contributed by atoms with Gasteiger partial charge in [-0.2, -0.15) is 4.98 Å². The van der Waals surface area contributed by atoms with Gasteiger partial charge in [0.15, 0.2) is 6.10 Å². The maximum absolute atomic E-state index is 5.56. The molecule has 0 radical (unpaired) electrons. The Bertz CT molecular complexity index is 544. The number of thiophene rings is 1. The molecule has 0 amide bonds. The van der Waals surface area contributed by atoms with Crippen LogP contribution in [0, 0.1) is 12.3 Å². The first-order valence-corrected chi connectivity index (χ1v) is 5.68. The molecule has 82 valence electrons. The lowest BCUT2D eigenvalue weighted by Gasteiger charge is -2.09.